The summed E-state index contributed by atoms with van der Waals surface area (Å²) in [6, 6.07) is 10.4. The summed E-state index contributed by atoms with van der Waals surface area (Å²) in [6.45, 7) is 4.56. The Labute approximate surface area is 172 Å². The molecule has 0 bridgehead atoms. The number of hydrogen-bond donors (Lipinski definition) is 0. The van der Waals surface area contributed by atoms with Gasteiger partial charge >= 0.3 is 0 Å². The number of hydrogen-bond acceptors (Lipinski definition) is 4. The highest BCUT2D eigenvalue weighted by molar-refractivity contribution is 5.93. The number of aryl methyl sites for hydroxylation is 2. The van der Waals surface area contributed by atoms with Gasteiger partial charge in [-0.05, 0) is 44.6 Å². The molecule has 0 radical (unpaired) electrons. The molecule has 1 spiro atoms. The van der Waals surface area contributed by atoms with Gasteiger partial charge in [0.1, 0.15) is 5.69 Å². The van der Waals surface area contributed by atoms with E-state index in [2.05, 4.69) is 34.2 Å². The van der Waals surface area contributed by atoms with E-state index in [0.29, 0.717) is 18.8 Å². The third-order valence-electron chi connectivity index (χ3n) is 6.20. The number of nitrogens with zero attached hydrogens (tertiary/aromatic N) is 4. The zero-order valence-corrected chi connectivity index (χ0v) is 17.0. The van der Waals surface area contributed by atoms with E-state index in [0.717, 1.165) is 50.9 Å². The van der Waals surface area contributed by atoms with Gasteiger partial charge in [-0.3, -0.25) is 14.6 Å². The number of carbonyl (C=O) groups is 2. The van der Waals surface area contributed by atoms with Gasteiger partial charge in [0.15, 0.2) is 0 Å². The lowest BCUT2D eigenvalue weighted by Crippen LogP contribution is -2.50. The second kappa shape index (κ2) is 8.31. The first-order chi connectivity index (χ1) is 14.1. The molecule has 6 heteroatoms. The fraction of sp³-hybridized carbons (Fsp3) is 0.478. The highest BCUT2D eigenvalue weighted by Gasteiger charge is 2.49. The number of piperidine rings is 1. The molecule has 0 aliphatic carbocycles. The van der Waals surface area contributed by atoms with Crippen molar-refractivity contribution in [2.75, 3.05) is 26.2 Å². The Bertz CT molecular complexity index is 868. The van der Waals surface area contributed by atoms with Crippen molar-refractivity contribution in [3.05, 3.63) is 59.7 Å². The maximum atomic E-state index is 13.3. The summed E-state index contributed by atoms with van der Waals surface area (Å²) >= 11 is 0. The third kappa shape index (κ3) is 4.16. The maximum Gasteiger partial charge on any atom is 0.274 e. The zero-order chi connectivity index (χ0) is 20.3. The lowest BCUT2D eigenvalue weighted by atomic mass is 9.78. The van der Waals surface area contributed by atoms with Crippen molar-refractivity contribution in [1.82, 2.24) is 19.8 Å². The van der Waals surface area contributed by atoms with E-state index < -0.39 is 5.41 Å². The Morgan fingerprint density at radius 2 is 1.93 bits per heavy atom. The Hall–Kier alpha value is -2.76. The first kappa shape index (κ1) is 19.6. The van der Waals surface area contributed by atoms with Gasteiger partial charge in [0.25, 0.3) is 5.91 Å². The van der Waals surface area contributed by atoms with Crippen molar-refractivity contribution in [2.24, 2.45) is 5.41 Å². The van der Waals surface area contributed by atoms with E-state index in [4.69, 9.17) is 0 Å². The average Bonchev–Trinajstić information content (AvgIpc) is 3.17. The molecule has 2 aromatic rings. The normalized spacial score (nSPS) is 21.8. The molecule has 1 atom stereocenters. The largest absolute Gasteiger partial charge is 0.342 e. The van der Waals surface area contributed by atoms with Crippen molar-refractivity contribution < 1.29 is 9.59 Å². The molecular formula is C23H28N4O2. The van der Waals surface area contributed by atoms with Crippen LogP contribution in [-0.2, 0) is 11.2 Å². The van der Waals surface area contributed by atoms with Crippen LogP contribution in [-0.4, -0.2) is 57.8 Å². The molecule has 0 unspecified atom stereocenters. The van der Waals surface area contributed by atoms with Crippen LogP contribution in [0.3, 0.4) is 0 Å². The number of aromatic nitrogens is 2. The van der Waals surface area contributed by atoms with Crippen LogP contribution in [0.4, 0.5) is 0 Å². The predicted octanol–water partition coefficient (Wildman–Crippen LogP) is 2.87. The van der Waals surface area contributed by atoms with Crippen molar-refractivity contribution in [1.29, 1.82) is 0 Å². The van der Waals surface area contributed by atoms with Crippen LogP contribution in [0, 0.1) is 12.3 Å². The molecule has 0 N–H and O–H groups in total. The molecule has 2 fully saturated rings. The molecule has 29 heavy (non-hydrogen) atoms. The molecule has 152 valence electrons. The monoisotopic (exact) mass is 392 g/mol. The summed E-state index contributed by atoms with van der Waals surface area (Å²) in [5.41, 5.74) is 2.03. The second-order valence-electron chi connectivity index (χ2n) is 8.28. The first-order valence-corrected chi connectivity index (χ1v) is 10.5. The number of amides is 2. The van der Waals surface area contributed by atoms with Gasteiger partial charge in [0.2, 0.25) is 5.91 Å². The summed E-state index contributed by atoms with van der Waals surface area (Å²) in [5.74, 6) is 0.102. The number of likely N-dealkylation sites (tertiary alicyclic amines) is 2. The van der Waals surface area contributed by atoms with Gasteiger partial charge < -0.3 is 9.80 Å². The number of rotatable bonds is 5. The highest BCUT2D eigenvalue weighted by Crippen LogP contribution is 2.40. The van der Waals surface area contributed by atoms with E-state index in [-0.39, 0.29) is 11.8 Å². The molecule has 6 nitrogen and oxygen atoms in total. The Morgan fingerprint density at radius 1 is 1.10 bits per heavy atom. The molecule has 1 aromatic heterocycles. The van der Waals surface area contributed by atoms with Crippen molar-refractivity contribution >= 4 is 11.8 Å². The molecule has 0 saturated carbocycles. The van der Waals surface area contributed by atoms with Crippen molar-refractivity contribution in [2.45, 2.75) is 39.0 Å². The van der Waals surface area contributed by atoms with E-state index >= 15 is 0 Å². The van der Waals surface area contributed by atoms with E-state index in [1.54, 1.807) is 11.1 Å². The van der Waals surface area contributed by atoms with Crippen molar-refractivity contribution in [3.8, 4) is 0 Å². The second-order valence-corrected chi connectivity index (χ2v) is 8.28. The molecule has 4 rings (SSSR count). The maximum absolute atomic E-state index is 13.3. The molecule has 2 aliphatic rings. The summed E-state index contributed by atoms with van der Waals surface area (Å²) in [7, 11) is 0. The SMILES string of the molecule is Cc1cnc(C(=O)N2CC[C@@]3(CCCN(CCCc4ccccc4)C3=O)C2)cn1. The van der Waals surface area contributed by atoms with Gasteiger partial charge in [0.05, 0.1) is 17.3 Å². The lowest BCUT2D eigenvalue weighted by molar-refractivity contribution is -0.145. The van der Waals surface area contributed by atoms with Gasteiger partial charge in [-0.25, -0.2) is 4.98 Å². The Kier molecular flexibility index (Phi) is 5.60. The molecule has 3 heterocycles. The van der Waals surface area contributed by atoms with Crippen LogP contribution in [0.15, 0.2) is 42.7 Å². The number of benzene rings is 1. The quantitative estimate of drug-likeness (QED) is 0.785. The van der Waals surface area contributed by atoms with Gasteiger partial charge in [-0.15, -0.1) is 0 Å². The fourth-order valence-corrected chi connectivity index (χ4v) is 4.57. The van der Waals surface area contributed by atoms with Crippen LogP contribution in [0.25, 0.3) is 0 Å². The smallest absolute Gasteiger partial charge is 0.274 e. The highest BCUT2D eigenvalue weighted by atomic mass is 16.2. The van der Waals surface area contributed by atoms with Gasteiger partial charge in [-0.2, -0.15) is 0 Å². The topological polar surface area (TPSA) is 66.4 Å². The molecule has 2 amide bonds. The van der Waals surface area contributed by atoms with E-state index in [9.17, 15) is 9.59 Å². The first-order valence-electron chi connectivity index (χ1n) is 10.5. The minimum atomic E-state index is -0.418. The molecule has 1 aromatic carbocycles. The average molecular weight is 393 g/mol. The Balaban J connectivity index is 1.37. The van der Waals surface area contributed by atoms with Gasteiger partial charge in [0, 0.05) is 32.4 Å². The summed E-state index contributed by atoms with van der Waals surface area (Å²) in [5, 5.41) is 0. The molecule has 2 saturated heterocycles. The number of carbonyl (C=O) groups excluding carboxylic acids is 2. The summed E-state index contributed by atoms with van der Waals surface area (Å²) < 4.78 is 0. The summed E-state index contributed by atoms with van der Waals surface area (Å²) in [6.07, 6.45) is 7.70. The minimum absolute atomic E-state index is 0.122. The van der Waals surface area contributed by atoms with Crippen LogP contribution in [0.2, 0.25) is 0 Å². The van der Waals surface area contributed by atoms with Crippen LogP contribution in [0.1, 0.15) is 47.4 Å². The predicted molar refractivity (Wildman–Crippen MR) is 110 cm³/mol. The van der Waals surface area contributed by atoms with E-state index in [1.165, 1.54) is 11.8 Å². The fourth-order valence-electron chi connectivity index (χ4n) is 4.57. The van der Waals surface area contributed by atoms with Crippen LogP contribution < -0.4 is 0 Å². The lowest BCUT2D eigenvalue weighted by Gasteiger charge is -2.39. The van der Waals surface area contributed by atoms with E-state index in [1.807, 2.05) is 17.9 Å². The molecule has 2 aliphatic heterocycles. The van der Waals surface area contributed by atoms with Crippen LogP contribution in [0.5, 0.6) is 0 Å². The zero-order valence-electron chi connectivity index (χ0n) is 17.0. The summed E-state index contributed by atoms with van der Waals surface area (Å²) in [4.78, 5) is 38.3. The molecular weight excluding hydrogens is 364 g/mol. The van der Waals surface area contributed by atoms with Crippen LogP contribution >= 0.6 is 0 Å². The minimum Gasteiger partial charge on any atom is -0.342 e. The van der Waals surface area contributed by atoms with Crippen molar-refractivity contribution in [3.63, 3.8) is 0 Å². The third-order valence-corrected chi connectivity index (χ3v) is 6.20. The standard InChI is InChI=1S/C23H28N4O2/c1-18-15-25-20(16-24-18)21(28)27-14-11-23(17-27)10-6-13-26(22(23)29)12-5-9-19-7-3-2-4-8-19/h2-4,7-8,15-16H,5-6,9-14,17H2,1H3/t23-/m0/s1. The van der Waals surface area contributed by atoms with Gasteiger partial charge in [-0.1, -0.05) is 30.3 Å². The Morgan fingerprint density at radius 3 is 2.69 bits per heavy atom.